The molecule has 0 saturated carbocycles. The Labute approximate surface area is 107 Å². The maximum absolute atomic E-state index is 11.0. The molecule has 0 bridgehead atoms. The Balaban J connectivity index is 3.04. The number of aromatic nitrogens is 1. The van der Waals surface area contributed by atoms with Crippen LogP contribution in [-0.2, 0) is 0 Å². The number of halogens is 3. The van der Waals surface area contributed by atoms with Gasteiger partial charge in [0.2, 0.25) is 9.68 Å². The first-order valence-electron chi connectivity index (χ1n) is 4.22. The third-order valence-corrected chi connectivity index (χ3v) is 2.30. The third kappa shape index (κ3) is 3.17. The SMILES string of the molecule is Cc1noc(N(CC(Cl)(Cl)Cl)C(=O)O)c1C. The number of hydrogen-bond donors (Lipinski definition) is 1. The van der Waals surface area contributed by atoms with Crippen molar-refractivity contribution in [3.63, 3.8) is 0 Å². The van der Waals surface area contributed by atoms with Crippen LogP contribution in [0.3, 0.4) is 0 Å². The van der Waals surface area contributed by atoms with Crippen molar-refractivity contribution in [3.8, 4) is 0 Å². The third-order valence-electron chi connectivity index (χ3n) is 1.95. The highest BCUT2D eigenvalue weighted by Crippen LogP contribution is 2.31. The van der Waals surface area contributed by atoms with E-state index in [9.17, 15) is 4.79 Å². The van der Waals surface area contributed by atoms with Crippen molar-refractivity contribution in [3.05, 3.63) is 11.3 Å². The molecule has 0 aliphatic carbocycles. The van der Waals surface area contributed by atoms with Gasteiger partial charge in [-0.15, -0.1) is 0 Å². The lowest BCUT2D eigenvalue weighted by atomic mass is 10.3. The van der Waals surface area contributed by atoms with Gasteiger partial charge in [-0.25, -0.2) is 9.69 Å². The second kappa shape index (κ2) is 4.69. The fourth-order valence-corrected chi connectivity index (χ4v) is 1.42. The minimum absolute atomic E-state index is 0.0660. The van der Waals surface area contributed by atoms with Gasteiger partial charge in [0.1, 0.15) is 0 Å². The molecule has 0 atom stereocenters. The van der Waals surface area contributed by atoms with Crippen LogP contribution in [0.25, 0.3) is 0 Å². The predicted octanol–water partition coefficient (Wildman–Crippen LogP) is 3.15. The zero-order valence-corrected chi connectivity index (χ0v) is 10.8. The summed E-state index contributed by atoms with van der Waals surface area (Å²) in [5, 5.41) is 12.6. The highest BCUT2D eigenvalue weighted by atomic mass is 35.6. The van der Waals surface area contributed by atoms with Crippen LogP contribution >= 0.6 is 34.8 Å². The molecule has 0 radical (unpaired) electrons. The fraction of sp³-hybridized carbons (Fsp3) is 0.500. The van der Waals surface area contributed by atoms with Gasteiger partial charge in [-0.1, -0.05) is 40.0 Å². The van der Waals surface area contributed by atoms with Crippen molar-refractivity contribution in [2.75, 3.05) is 11.4 Å². The van der Waals surface area contributed by atoms with E-state index >= 15 is 0 Å². The largest absolute Gasteiger partial charge is 0.465 e. The number of carbonyl (C=O) groups is 1. The number of rotatable bonds is 2. The molecule has 0 aromatic carbocycles. The van der Waals surface area contributed by atoms with Crippen molar-refractivity contribution in [2.45, 2.75) is 17.6 Å². The number of hydrogen-bond acceptors (Lipinski definition) is 3. The van der Waals surface area contributed by atoms with Crippen molar-refractivity contribution < 1.29 is 14.4 Å². The molecule has 16 heavy (non-hydrogen) atoms. The minimum Gasteiger partial charge on any atom is -0.465 e. The summed E-state index contributed by atoms with van der Waals surface area (Å²) in [5.41, 5.74) is 1.18. The standard InChI is InChI=1S/C8H9Cl3N2O3/c1-4-5(2)12-16-6(4)13(7(14)15)3-8(9,10)11/h3H2,1-2H3,(H,14,15). The number of amides is 1. The van der Waals surface area contributed by atoms with E-state index in [0.717, 1.165) is 4.90 Å². The summed E-state index contributed by atoms with van der Waals surface area (Å²) in [4.78, 5) is 11.8. The number of nitrogens with zero attached hydrogens (tertiary/aromatic N) is 2. The van der Waals surface area contributed by atoms with Gasteiger partial charge in [-0.05, 0) is 13.8 Å². The van der Waals surface area contributed by atoms with Gasteiger partial charge in [-0.3, -0.25) is 0 Å². The lowest BCUT2D eigenvalue weighted by Gasteiger charge is -2.20. The highest BCUT2D eigenvalue weighted by Gasteiger charge is 2.31. The van der Waals surface area contributed by atoms with Crippen LogP contribution in [0.2, 0.25) is 0 Å². The van der Waals surface area contributed by atoms with Gasteiger partial charge < -0.3 is 9.63 Å². The van der Waals surface area contributed by atoms with Crippen LogP contribution in [0, 0.1) is 13.8 Å². The minimum atomic E-state index is -1.72. The molecule has 1 aromatic rings. The van der Waals surface area contributed by atoms with Gasteiger partial charge in [-0.2, -0.15) is 0 Å². The molecule has 0 aliphatic heterocycles. The van der Waals surface area contributed by atoms with E-state index < -0.39 is 9.89 Å². The summed E-state index contributed by atoms with van der Waals surface area (Å²) in [6.07, 6.45) is -1.27. The smallest absolute Gasteiger partial charge is 0.414 e. The second-order valence-corrected chi connectivity index (χ2v) is 5.70. The maximum atomic E-state index is 11.0. The van der Waals surface area contributed by atoms with Gasteiger partial charge in [0.25, 0.3) is 0 Å². The lowest BCUT2D eigenvalue weighted by Crippen LogP contribution is -2.36. The molecule has 1 aromatic heterocycles. The Kier molecular flexibility index (Phi) is 3.93. The van der Waals surface area contributed by atoms with Crippen molar-refractivity contribution >= 4 is 46.8 Å². The van der Waals surface area contributed by atoms with Gasteiger partial charge in [0, 0.05) is 5.56 Å². The Morgan fingerprint density at radius 3 is 2.38 bits per heavy atom. The Morgan fingerprint density at radius 1 is 1.50 bits per heavy atom. The second-order valence-electron chi connectivity index (χ2n) is 3.18. The van der Waals surface area contributed by atoms with Gasteiger partial charge >= 0.3 is 6.09 Å². The van der Waals surface area contributed by atoms with E-state index in [1.165, 1.54) is 0 Å². The topological polar surface area (TPSA) is 66.6 Å². The van der Waals surface area contributed by atoms with E-state index in [2.05, 4.69) is 5.16 Å². The molecule has 90 valence electrons. The Morgan fingerprint density at radius 2 is 2.06 bits per heavy atom. The maximum Gasteiger partial charge on any atom is 0.414 e. The molecule has 1 amide bonds. The lowest BCUT2D eigenvalue weighted by molar-refractivity contribution is 0.200. The number of alkyl halides is 3. The van der Waals surface area contributed by atoms with Crippen LogP contribution in [0.5, 0.6) is 0 Å². The molecule has 0 unspecified atom stereocenters. The van der Waals surface area contributed by atoms with E-state index in [1.54, 1.807) is 13.8 Å². The van der Waals surface area contributed by atoms with Crippen LogP contribution in [0.15, 0.2) is 4.52 Å². The first-order valence-corrected chi connectivity index (χ1v) is 5.36. The summed E-state index contributed by atoms with van der Waals surface area (Å²) >= 11 is 16.6. The summed E-state index contributed by atoms with van der Waals surface area (Å²) in [6.45, 7) is 3.04. The molecule has 5 nitrogen and oxygen atoms in total. The van der Waals surface area contributed by atoms with Crippen LogP contribution < -0.4 is 4.90 Å². The molecule has 1 rings (SSSR count). The van der Waals surface area contributed by atoms with E-state index in [4.69, 9.17) is 44.4 Å². The summed E-state index contributed by atoms with van der Waals surface area (Å²) in [7, 11) is 0. The Bertz CT molecular complexity index is 400. The van der Waals surface area contributed by atoms with E-state index in [0.29, 0.717) is 11.3 Å². The molecule has 0 spiro atoms. The van der Waals surface area contributed by atoms with Crippen LogP contribution in [0.1, 0.15) is 11.3 Å². The number of carboxylic acid groups (broad SMARTS) is 1. The van der Waals surface area contributed by atoms with Crippen molar-refractivity contribution in [2.24, 2.45) is 0 Å². The zero-order chi connectivity index (χ0) is 12.5. The first-order chi connectivity index (χ1) is 7.22. The molecular formula is C8H9Cl3N2O3. The van der Waals surface area contributed by atoms with E-state index in [-0.39, 0.29) is 12.4 Å². The quantitative estimate of drug-likeness (QED) is 0.849. The molecule has 0 aliphatic rings. The van der Waals surface area contributed by atoms with Crippen LogP contribution in [0.4, 0.5) is 10.7 Å². The van der Waals surface area contributed by atoms with Crippen molar-refractivity contribution in [1.29, 1.82) is 0 Å². The molecule has 0 saturated heterocycles. The average Bonchev–Trinajstić information content (AvgIpc) is 2.42. The normalized spacial score (nSPS) is 11.6. The van der Waals surface area contributed by atoms with Crippen molar-refractivity contribution in [1.82, 2.24) is 5.16 Å². The monoisotopic (exact) mass is 286 g/mol. The zero-order valence-electron chi connectivity index (χ0n) is 8.50. The first kappa shape index (κ1) is 13.4. The Hall–Kier alpha value is -0.650. The molecule has 1 N–H and O–H groups in total. The van der Waals surface area contributed by atoms with Crippen LogP contribution in [-0.4, -0.2) is 26.7 Å². The van der Waals surface area contributed by atoms with Gasteiger partial charge in [0.15, 0.2) is 0 Å². The fourth-order valence-electron chi connectivity index (χ4n) is 1.06. The summed E-state index contributed by atoms with van der Waals surface area (Å²) < 4.78 is 3.17. The molecule has 0 fully saturated rings. The highest BCUT2D eigenvalue weighted by molar-refractivity contribution is 6.68. The molecular weight excluding hydrogens is 278 g/mol. The van der Waals surface area contributed by atoms with Gasteiger partial charge in [0.05, 0.1) is 12.2 Å². The van der Waals surface area contributed by atoms with E-state index in [1.807, 2.05) is 0 Å². The average molecular weight is 288 g/mol. The summed E-state index contributed by atoms with van der Waals surface area (Å²) in [5.74, 6) is 0.0660. The number of anilines is 1. The summed E-state index contributed by atoms with van der Waals surface area (Å²) in [6, 6.07) is 0. The number of aryl methyl sites for hydroxylation is 1. The molecule has 1 heterocycles. The molecule has 8 heteroatoms. The predicted molar refractivity (Wildman–Crippen MR) is 61.6 cm³/mol.